The third-order valence-electron chi connectivity index (χ3n) is 5.41. The van der Waals surface area contributed by atoms with Gasteiger partial charge in [0.25, 0.3) is 0 Å². The summed E-state index contributed by atoms with van der Waals surface area (Å²) >= 11 is 0. The van der Waals surface area contributed by atoms with Crippen LogP contribution in [0.5, 0.6) is 0 Å². The molecule has 0 aliphatic heterocycles. The third kappa shape index (κ3) is 3.41. The van der Waals surface area contributed by atoms with Crippen molar-refractivity contribution in [3.05, 3.63) is 11.6 Å². The second-order valence-electron chi connectivity index (χ2n) is 7.12. The molecule has 0 bridgehead atoms. The zero-order valence-corrected chi connectivity index (χ0v) is 12.7. The number of hydrogen-bond donors (Lipinski definition) is 2. The van der Waals surface area contributed by atoms with E-state index in [0.29, 0.717) is 18.4 Å². The van der Waals surface area contributed by atoms with Crippen LogP contribution in [-0.4, -0.2) is 17.8 Å². The van der Waals surface area contributed by atoms with Crippen molar-refractivity contribution in [1.29, 1.82) is 0 Å². The third-order valence-corrected chi connectivity index (χ3v) is 5.41. The molecule has 19 heavy (non-hydrogen) atoms. The predicted octanol–water partition coefficient (Wildman–Crippen LogP) is 3.64. The molecule has 1 fully saturated rings. The lowest BCUT2D eigenvalue weighted by atomic mass is 9.67. The van der Waals surface area contributed by atoms with Crippen LogP contribution >= 0.6 is 0 Å². The van der Waals surface area contributed by atoms with Crippen LogP contribution in [0.3, 0.4) is 0 Å². The average molecular weight is 265 g/mol. The van der Waals surface area contributed by atoms with E-state index in [1.807, 2.05) is 0 Å². The maximum absolute atomic E-state index is 11.0. The van der Waals surface area contributed by atoms with Gasteiger partial charge in [-0.3, -0.25) is 0 Å². The number of aliphatic hydroxyl groups is 1. The van der Waals surface area contributed by atoms with Gasteiger partial charge in [0.05, 0.1) is 6.10 Å². The highest BCUT2D eigenvalue weighted by atomic mass is 16.3. The highest BCUT2D eigenvalue weighted by molar-refractivity contribution is 5.09. The molecule has 0 radical (unpaired) electrons. The number of rotatable bonds is 3. The standard InChI is InChI=1S/C17H31NO/c1-13-9-14(2)11-15(10-13)16(19)17(12-18)7-5-3-4-6-8-17/h9,13,15-16,19H,3-8,10-12,18H2,1-2H3. The molecular formula is C17H31NO. The van der Waals surface area contributed by atoms with E-state index in [2.05, 4.69) is 19.9 Å². The van der Waals surface area contributed by atoms with Gasteiger partial charge in [0, 0.05) is 12.0 Å². The molecule has 0 heterocycles. The Morgan fingerprint density at radius 2 is 1.95 bits per heavy atom. The lowest BCUT2D eigenvalue weighted by Gasteiger charge is -2.42. The highest BCUT2D eigenvalue weighted by Gasteiger charge is 2.41. The first-order valence-corrected chi connectivity index (χ1v) is 8.13. The van der Waals surface area contributed by atoms with Crippen molar-refractivity contribution < 1.29 is 5.11 Å². The van der Waals surface area contributed by atoms with E-state index in [4.69, 9.17) is 5.73 Å². The second kappa shape index (κ2) is 6.41. The molecule has 1 saturated carbocycles. The zero-order chi connectivity index (χ0) is 13.9. The SMILES string of the molecule is CC1=CC(C)CC(C(O)C2(CN)CCCCCC2)C1. The average Bonchev–Trinajstić information content (AvgIpc) is 2.63. The van der Waals surface area contributed by atoms with Gasteiger partial charge in [0.1, 0.15) is 0 Å². The van der Waals surface area contributed by atoms with Gasteiger partial charge in [-0.25, -0.2) is 0 Å². The molecule has 2 aliphatic rings. The summed E-state index contributed by atoms with van der Waals surface area (Å²) in [4.78, 5) is 0. The maximum Gasteiger partial charge on any atom is 0.0639 e. The Morgan fingerprint density at radius 3 is 2.47 bits per heavy atom. The van der Waals surface area contributed by atoms with Gasteiger partial charge in [0.2, 0.25) is 0 Å². The number of allylic oxidation sites excluding steroid dienone is 2. The van der Waals surface area contributed by atoms with E-state index in [1.165, 1.54) is 31.3 Å². The molecule has 0 aromatic carbocycles. The Kier molecular flexibility index (Phi) is 5.08. The van der Waals surface area contributed by atoms with Gasteiger partial charge in [0.15, 0.2) is 0 Å². The van der Waals surface area contributed by atoms with Gasteiger partial charge in [-0.05, 0) is 44.4 Å². The molecule has 0 saturated heterocycles. The number of nitrogens with two attached hydrogens (primary N) is 1. The van der Waals surface area contributed by atoms with Crippen molar-refractivity contribution >= 4 is 0 Å². The quantitative estimate of drug-likeness (QED) is 0.604. The molecule has 0 aromatic heterocycles. The topological polar surface area (TPSA) is 46.2 Å². The largest absolute Gasteiger partial charge is 0.392 e. The number of hydrogen-bond acceptors (Lipinski definition) is 2. The van der Waals surface area contributed by atoms with E-state index < -0.39 is 0 Å². The molecule has 0 amide bonds. The minimum atomic E-state index is -0.207. The first kappa shape index (κ1) is 15.1. The smallest absolute Gasteiger partial charge is 0.0639 e. The Bertz CT molecular complexity index is 315. The van der Waals surface area contributed by atoms with Crippen LogP contribution in [0.2, 0.25) is 0 Å². The first-order valence-electron chi connectivity index (χ1n) is 8.13. The van der Waals surface area contributed by atoms with Crippen LogP contribution in [0.25, 0.3) is 0 Å². The van der Waals surface area contributed by atoms with E-state index >= 15 is 0 Å². The van der Waals surface area contributed by atoms with Crippen molar-refractivity contribution in [2.75, 3.05) is 6.54 Å². The van der Waals surface area contributed by atoms with Crippen molar-refractivity contribution in [3.63, 3.8) is 0 Å². The van der Waals surface area contributed by atoms with Crippen molar-refractivity contribution in [2.24, 2.45) is 23.0 Å². The predicted molar refractivity (Wildman–Crippen MR) is 80.8 cm³/mol. The Morgan fingerprint density at radius 1 is 1.32 bits per heavy atom. The monoisotopic (exact) mass is 265 g/mol. The number of aliphatic hydroxyl groups excluding tert-OH is 1. The molecule has 3 atom stereocenters. The minimum absolute atomic E-state index is 0.00148. The molecule has 3 unspecified atom stereocenters. The summed E-state index contributed by atoms with van der Waals surface area (Å²) in [6.45, 7) is 5.13. The van der Waals surface area contributed by atoms with E-state index in [0.717, 1.165) is 25.7 Å². The van der Waals surface area contributed by atoms with Gasteiger partial charge in [-0.1, -0.05) is 44.3 Å². The summed E-state index contributed by atoms with van der Waals surface area (Å²) < 4.78 is 0. The van der Waals surface area contributed by atoms with Crippen molar-refractivity contribution in [2.45, 2.75) is 71.3 Å². The lowest BCUT2D eigenvalue weighted by Crippen LogP contribution is -2.46. The van der Waals surface area contributed by atoms with Crippen LogP contribution in [0, 0.1) is 17.3 Å². The van der Waals surface area contributed by atoms with E-state index in [1.54, 1.807) is 0 Å². The molecule has 2 aliphatic carbocycles. The van der Waals surface area contributed by atoms with Crippen LogP contribution in [0.15, 0.2) is 11.6 Å². The van der Waals surface area contributed by atoms with Crippen LogP contribution < -0.4 is 5.73 Å². The van der Waals surface area contributed by atoms with Gasteiger partial charge >= 0.3 is 0 Å². The van der Waals surface area contributed by atoms with E-state index in [9.17, 15) is 5.11 Å². The van der Waals surface area contributed by atoms with Gasteiger partial charge < -0.3 is 10.8 Å². The summed E-state index contributed by atoms with van der Waals surface area (Å²) in [6, 6.07) is 0. The summed E-state index contributed by atoms with van der Waals surface area (Å²) in [5.74, 6) is 1.02. The van der Waals surface area contributed by atoms with Crippen LogP contribution in [0.1, 0.15) is 65.2 Å². The first-order chi connectivity index (χ1) is 9.07. The zero-order valence-electron chi connectivity index (χ0n) is 12.7. The molecule has 3 N–H and O–H groups in total. The fourth-order valence-electron chi connectivity index (χ4n) is 4.39. The fraction of sp³-hybridized carbons (Fsp3) is 0.882. The van der Waals surface area contributed by atoms with Crippen molar-refractivity contribution in [3.8, 4) is 0 Å². The van der Waals surface area contributed by atoms with Crippen LogP contribution in [-0.2, 0) is 0 Å². The summed E-state index contributed by atoms with van der Waals surface area (Å²) in [6.07, 6.45) is 11.7. The highest BCUT2D eigenvalue weighted by Crippen LogP contribution is 2.43. The maximum atomic E-state index is 11.0. The minimum Gasteiger partial charge on any atom is -0.392 e. The molecule has 2 rings (SSSR count). The van der Waals surface area contributed by atoms with Crippen molar-refractivity contribution in [1.82, 2.24) is 0 Å². The fourth-order valence-corrected chi connectivity index (χ4v) is 4.39. The van der Waals surface area contributed by atoms with Gasteiger partial charge in [-0.15, -0.1) is 0 Å². The Balaban J connectivity index is 2.11. The molecule has 0 spiro atoms. The Hall–Kier alpha value is -0.340. The molecule has 0 aromatic rings. The van der Waals surface area contributed by atoms with Crippen LogP contribution in [0.4, 0.5) is 0 Å². The summed E-state index contributed by atoms with van der Waals surface area (Å²) in [7, 11) is 0. The molecular weight excluding hydrogens is 234 g/mol. The molecule has 2 heteroatoms. The van der Waals surface area contributed by atoms with E-state index in [-0.39, 0.29) is 11.5 Å². The second-order valence-corrected chi connectivity index (χ2v) is 7.12. The lowest BCUT2D eigenvalue weighted by molar-refractivity contribution is -0.0313. The Labute approximate surface area is 118 Å². The molecule has 2 nitrogen and oxygen atoms in total. The van der Waals surface area contributed by atoms with Gasteiger partial charge in [-0.2, -0.15) is 0 Å². The summed E-state index contributed by atoms with van der Waals surface area (Å²) in [5, 5.41) is 11.0. The normalized spacial score (nSPS) is 33.4. The summed E-state index contributed by atoms with van der Waals surface area (Å²) in [5.41, 5.74) is 7.56. The molecule has 110 valence electrons.